The minimum atomic E-state index is -3.40. The van der Waals surface area contributed by atoms with Gasteiger partial charge in [-0.2, -0.15) is 8.78 Å². The van der Waals surface area contributed by atoms with Gasteiger partial charge in [-0.1, -0.05) is 37.3 Å². The lowest BCUT2D eigenvalue weighted by molar-refractivity contribution is -0.0327. The van der Waals surface area contributed by atoms with Gasteiger partial charge < -0.3 is 4.90 Å². The largest absolute Gasteiger partial charge is 0.328 e. The fourth-order valence-corrected chi connectivity index (χ4v) is 2.45. The van der Waals surface area contributed by atoms with E-state index in [1.165, 1.54) is 7.05 Å². The Morgan fingerprint density at radius 2 is 1.90 bits per heavy atom. The lowest BCUT2D eigenvalue weighted by Gasteiger charge is -2.44. The number of amides is 2. The molecule has 0 saturated carbocycles. The number of nitrogens with one attached hydrogen (secondary N) is 1. The van der Waals surface area contributed by atoms with Crippen molar-refractivity contribution in [2.24, 2.45) is 0 Å². The Hall–Kier alpha value is -1.98. The molecule has 1 N–H and O–H groups in total. The van der Waals surface area contributed by atoms with Gasteiger partial charge in [0.2, 0.25) is 0 Å². The van der Waals surface area contributed by atoms with Gasteiger partial charge in [0.25, 0.3) is 0 Å². The molecule has 1 fully saturated rings. The highest BCUT2D eigenvalue weighted by atomic mass is 19.3. The number of urea groups is 1. The lowest BCUT2D eigenvalue weighted by atomic mass is 9.95. The van der Waals surface area contributed by atoms with Gasteiger partial charge in [0, 0.05) is 13.6 Å². The zero-order valence-electron chi connectivity index (χ0n) is 11.4. The van der Waals surface area contributed by atoms with Crippen LogP contribution in [0.25, 0.3) is 0 Å². The maximum absolute atomic E-state index is 14.5. The molecule has 0 bridgehead atoms. The van der Waals surface area contributed by atoms with E-state index in [1.54, 1.807) is 37.3 Å². The van der Waals surface area contributed by atoms with Crippen LogP contribution in [0.3, 0.4) is 0 Å². The Kier molecular flexibility index (Phi) is 3.74. The first-order chi connectivity index (χ1) is 9.41. The third kappa shape index (κ3) is 2.15. The highest BCUT2D eigenvalue weighted by molar-refractivity contribution is 6.03. The van der Waals surface area contributed by atoms with Crippen molar-refractivity contribution in [3.63, 3.8) is 0 Å². The van der Waals surface area contributed by atoms with E-state index in [2.05, 4.69) is 0 Å². The number of carbonyl (C=O) groups is 1. The van der Waals surface area contributed by atoms with Crippen molar-refractivity contribution in [3.8, 4) is 0 Å². The van der Waals surface area contributed by atoms with Crippen molar-refractivity contribution in [2.45, 2.75) is 25.3 Å². The number of hydrogen-bond donors (Lipinski definition) is 1. The molecule has 1 aliphatic heterocycles. The van der Waals surface area contributed by atoms with Crippen LogP contribution in [-0.4, -0.2) is 41.2 Å². The van der Waals surface area contributed by atoms with Crippen LogP contribution < -0.4 is 0 Å². The first kappa shape index (κ1) is 14.4. The molecule has 1 aromatic rings. The Morgan fingerprint density at radius 3 is 2.45 bits per heavy atom. The quantitative estimate of drug-likeness (QED) is 0.909. The monoisotopic (exact) mass is 281 g/mol. The fraction of sp³-hybridized carbons (Fsp3) is 0.429. The maximum atomic E-state index is 14.5. The van der Waals surface area contributed by atoms with Crippen molar-refractivity contribution in [2.75, 3.05) is 13.6 Å². The average molecular weight is 281 g/mol. The molecule has 1 unspecified atom stereocenters. The molecule has 6 heteroatoms. The van der Waals surface area contributed by atoms with Crippen molar-refractivity contribution in [1.29, 1.82) is 5.41 Å². The van der Waals surface area contributed by atoms with Gasteiger partial charge >= 0.3 is 12.0 Å². The Balaban J connectivity index is 2.44. The Labute approximate surface area is 116 Å². The fourth-order valence-electron chi connectivity index (χ4n) is 2.45. The zero-order chi connectivity index (χ0) is 14.9. The second kappa shape index (κ2) is 5.19. The van der Waals surface area contributed by atoms with Gasteiger partial charge in [-0.25, -0.2) is 4.79 Å². The minimum Gasteiger partial charge on any atom is -0.314 e. The summed E-state index contributed by atoms with van der Waals surface area (Å²) < 4.78 is 29.0. The maximum Gasteiger partial charge on any atom is 0.328 e. The van der Waals surface area contributed by atoms with Crippen LogP contribution in [0.2, 0.25) is 0 Å². The van der Waals surface area contributed by atoms with Crippen molar-refractivity contribution in [1.82, 2.24) is 9.80 Å². The van der Waals surface area contributed by atoms with Crippen molar-refractivity contribution >= 4 is 11.9 Å². The number of benzene rings is 1. The summed E-state index contributed by atoms with van der Waals surface area (Å²) in [7, 11) is 1.35. The van der Waals surface area contributed by atoms with Gasteiger partial charge in [0.1, 0.15) is 6.04 Å². The minimum absolute atomic E-state index is 0.124. The molecule has 1 aromatic carbocycles. The number of amidine groups is 1. The predicted molar refractivity (Wildman–Crippen MR) is 72.0 cm³/mol. The Morgan fingerprint density at radius 1 is 1.30 bits per heavy atom. The smallest absolute Gasteiger partial charge is 0.314 e. The van der Waals surface area contributed by atoms with Crippen LogP contribution >= 0.6 is 0 Å². The van der Waals surface area contributed by atoms with E-state index in [0.717, 1.165) is 9.80 Å². The van der Waals surface area contributed by atoms with E-state index in [9.17, 15) is 13.6 Å². The SMILES string of the molecule is CCCN1C(=N)C(F)(F)C(c2ccccc2)N(C)C1=O. The lowest BCUT2D eigenvalue weighted by Crippen LogP contribution is -2.62. The van der Waals surface area contributed by atoms with Crippen LogP contribution in [-0.2, 0) is 0 Å². The molecule has 0 spiro atoms. The number of rotatable bonds is 3. The molecule has 2 rings (SSSR count). The van der Waals surface area contributed by atoms with Crippen LogP contribution in [0.1, 0.15) is 24.9 Å². The highest BCUT2D eigenvalue weighted by Gasteiger charge is 2.56. The summed E-state index contributed by atoms with van der Waals surface area (Å²) in [5.41, 5.74) is 0.328. The summed E-state index contributed by atoms with van der Waals surface area (Å²) in [5.74, 6) is -4.32. The number of halogens is 2. The normalized spacial score (nSPS) is 22.3. The van der Waals surface area contributed by atoms with Gasteiger partial charge in [-0.05, 0) is 12.0 Å². The van der Waals surface area contributed by atoms with E-state index in [-0.39, 0.29) is 6.54 Å². The molecule has 2 amide bonds. The topological polar surface area (TPSA) is 47.4 Å². The van der Waals surface area contributed by atoms with Crippen molar-refractivity contribution in [3.05, 3.63) is 35.9 Å². The summed E-state index contributed by atoms with van der Waals surface area (Å²) in [6.45, 7) is 1.90. The van der Waals surface area contributed by atoms with Crippen LogP contribution in [0.15, 0.2) is 30.3 Å². The summed E-state index contributed by atoms with van der Waals surface area (Å²) >= 11 is 0. The summed E-state index contributed by atoms with van der Waals surface area (Å²) in [6.07, 6.45) is 0.522. The third-order valence-electron chi connectivity index (χ3n) is 3.41. The Bertz CT molecular complexity index is 518. The molecule has 108 valence electrons. The summed E-state index contributed by atoms with van der Waals surface area (Å²) in [6, 6.07) is 6.11. The second-order valence-electron chi connectivity index (χ2n) is 4.83. The van der Waals surface area contributed by atoms with Gasteiger partial charge in [-0.3, -0.25) is 10.3 Å². The molecule has 1 saturated heterocycles. The standard InChI is InChI=1S/C14H17F2N3O/c1-3-9-19-12(17)14(15,16)11(18(2)13(19)20)10-7-5-4-6-8-10/h4-8,11,17H,3,9H2,1-2H3. The van der Waals surface area contributed by atoms with E-state index in [4.69, 9.17) is 5.41 Å². The van der Waals surface area contributed by atoms with E-state index in [0.29, 0.717) is 12.0 Å². The van der Waals surface area contributed by atoms with Gasteiger partial charge in [0.05, 0.1) is 0 Å². The molecule has 20 heavy (non-hydrogen) atoms. The van der Waals surface area contributed by atoms with Gasteiger partial charge in [-0.15, -0.1) is 0 Å². The van der Waals surface area contributed by atoms with Crippen LogP contribution in [0.5, 0.6) is 0 Å². The third-order valence-corrected chi connectivity index (χ3v) is 3.41. The molecule has 0 aromatic heterocycles. The molecule has 1 aliphatic rings. The van der Waals surface area contributed by atoms with Crippen LogP contribution in [0, 0.1) is 5.41 Å². The molecule has 4 nitrogen and oxygen atoms in total. The van der Waals surface area contributed by atoms with E-state index >= 15 is 0 Å². The highest BCUT2D eigenvalue weighted by Crippen LogP contribution is 2.41. The molecular formula is C14H17F2N3O. The molecule has 1 atom stereocenters. The molecule has 0 radical (unpaired) electrons. The molecular weight excluding hydrogens is 264 g/mol. The average Bonchev–Trinajstić information content (AvgIpc) is 2.43. The number of hydrogen-bond acceptors (Lipinski definition) is 2. The number of nitrogens with zero attached hydrogens (tertiary/aromatic N) is 2. The predicted octanol–water partition coefficient (Wildman–Crippen LogP) is 3.12. The first-order valence-electron chi connectivity index (χ1n) is 6.47. The van der Waals surface area contributed by atoms with Crippen molar-refractivity contribution < 1.29 is 13.6 Å². The second-order valence-corrected chi connectivity index (χ2v) is 4.83. The van der Waals surface area contributed by atoms with E-state index in [1.807, 2.05) is 0 Å². The molecule has 1 heterocycles. The number of alkyl halides is 2. The summed E-state index contributed by atoms with van der Waals surface area (Å²) in [4.78, 5) is 14.0. The van der Waals surface area contributed by atoms with Gasteiger partial charge in [0.15, 0.2) is 5.84 Å². The first-order valence-corrected chi connectivity index (χ1v) is 6.47. The van der Waals surface area contributed by atoms with E-state index < -0.39 is 23.8 Å². The zero-order valence-corrected chi connectivity index (χ0v) is 11.4. The van der Waals surface area contributed by atoms with Crippen LogP contribution in [0.4, 0.5) is 13.6 Å². The summed E-state index contributed by atoms with van der Waals surface area (Å²) in [5, 5.41) is 7.68. The molecule has 0 aliphatic carbocycles. The number of carbonyl (C=O) groups excluding carboxylic acids is 1.